The Bertz CT molecular complexity index is 486. The Morgan fingerprint density at radius 3 is 2.55 bits per heavy atom. The number of aliphatic hydroxyl groups is 2. The Morgan fingerprint density at radius 2 is 2.05 bits per heavy atom. The van der Waals surface area contributed by atoms with Crippen LogP contribution in [-0.4, -0.2) is 63.9 Å². The summed E-state index contributed by atoms with van der Waals surface area (Å²) in [5.74, 6) is -0.762. The molecule has 124 valence electrons. The molecule has 0 aliphatic carbocycles. The van der Waals surface area contributed by atoms with E-state index in [4.69, 9.17) is 9.84 Å². The fourth-order valence-corrected chi connectivity index (χ4v) is 2.75. The van der Waals surface area contributed by atoms with Gasteiger partial charge in [-0.3, -0.25) is 19.8 Å². The van der Waals surface area contributed by atoms with Crippen LogP contribution in [-0.2, 0) is 14.3 Å². The number of ether oxygens (including phenoxy) is 1. The van der Waals surface area contributed by atoms with Crippen molar-refractivity contribution in [3.63, 3.8) is 0 Å². The van der Waals surface area contributed by atoms with Gasteiger partial charge < -0.3 is 14.9 Å². The number of hydrogen-bond acceptors (Lipinski definition) is 6. The van der Waals surface area contributed by atoms with Crippen LogP contribution in [0.3, 0.4) is 0 Å². The number of amides is 3. The molecule has 2 saturated heterocycles. The van der Waals surface area contributed by atoms with Crippen molar-refractivity contribution in [2.75, 3.05) is 6.61 Å². The van der Waals surface area contributed by atoms with Crippen LogP contribution in [0.2, 0.25) is 0 Å². The van der Waals surface area contributed by atoms with Gasteiger partial charge in [0.2, 0.25) is 5.91 Å². The molecule has 0 saturated carbocycles. The summed E-state index contributed by atoms with van der Waals surface area (Å²) in [5, 5.41) is 21.1. The third-order valence-corrected chi connectivity index (χ3v) is 3.93. The smallest absolute Gasteiger partial charge is 0.326 e. The van der Waals surface area contributed by atoms with Gasteiger partial charge in [0, 0.05) is 11.8 Å². The number of imide groups is 1. The first-order valence-electron chi connectivity index (χ1n) is 7.26. The Hall–Kier alpha value is -1.51. The summed E-state index contributed by atoms with van der Waals surface area (Å²) in [5.41, 5.74) is -0.728. The van der Waals surface area contributed by atoms with Crippen molar-refractivity contribution in [3.05, 3.63) is 0 Å². The number of Topliss-reactive ketones (excluding diaryl/α,β-unsaturated/α-hetero) is 1. The summed E-state index contributed by atoms with van der Waals surface area (Å²) in [6, 6.07) is -1.65. The fourth-order valence-electron chi connectivity index (χ4n) is 2.75. The fraction of sp³-hybridized carbons (Fsp3) is 0.786. The van der Waals surface area contributed by atoms with Crippen molar-refractivity contribution in [3.8, 4) is 0 Å². The highest BCUT2D eigenvalue weighted by atomic mass is 16.5. The van der Waals surface area contributed by atoms with E-state index in [1.807, 2.05) is 0 Å². The highest BCUT2D eigenvalue weighted by Crippen LogP contribution is 2.30. The van der Waals surface area contributed by atoms with Crippen molar-refractivity contribution in [1.82, 2.24) is 10.2 Å². The molecular weight excluding hydrogens is 292 g/mol. The molecule has 0 aromatic rings. The Labute approximate surface area is 128 Å². The molecule has 2 aliphatic rings. The maximum atomic E-state index is 12.6. The van der Waals surface area contributed by atoms with Crippen LogP contribution >= 0.6 is 0 Å². The number of nitrogens with zero attached hydrogens (tertiary/aromatic N) is 1. The van der Waals surface area contributed by atoms with Crippen molar-refractivity contribution >= 4 is 17.7 Å². The van der Waals surface area contributed by atoms with Gasteiger partial charge in [0.15, 0.2) is 5.78 Å². The van der Waals surface area contributed by atoms with E-state index in [1.165, 1.54) is 4.90 Å². The zero-order chi connectivity index (χ0) is 16.7. The molecule has 0 unspecified atom stereocenters. The quantitative estimate of drug-likeness (QED) is 0.639. The molecular formula is C14H22N2O6. The monoisotopic (exact) mass is 314 g/mol. The van der Waals surface area contributed by atoms with E-state index in [-0.39, 0.29) is 25.2 Å². The summed E-state index contributed by atoms with van der Waals surface area (Å²) >= 11 is 0. The van der Waals surface area contributed by atoms with E-state index in [0.29, 0.717) is 0 Å². The maximum Gasteiger partial charge on any atom is 0.326 e. The van der Waals surface area contributed by atoms with E-state index in [0.717, 1.165) is 0 Å². The average molecular weight is 314 g/mol. The van der Waals surface area contributed by atoms with Gasteiger partial charge in [-0.25, -0.2) is 4.79 Å². The van der Waals surface area contributed by atoms with Gasteiger partial charge in [-0.1, -0.05) is 20.8 Å². The van der Waals surface area contributed by atoms with Crippen LogP contribution in [0.5, 0.6) is 0 Å². The molecule has 3 N–H and O–H groups in total. The first-order chi connectivity index (χ1) is 10.1. The lowest BCUT2D eigenvalue weighted by Crippen LogP contribution is -2.62. The van der Waals surface area contributed by atoms with E-state index >= 15 is 0 Å². The molecule has 0 spiro atoms. The zero-order valence-electron chi connectivity index (χ0n) is 12.9. The van der Waals surface area contributed by atoms with Gasteiger partial charge in [0.25, 0.3) is 0 Å². The highest BCUT2D eigenvalue weighted by molar-refractivity contribution is 6.04. The first-order valence-corrected chi connectivity index (χ1v) is 7.26. The topological polar surface area (TPSA) is 116 Å². The second-order valence-electron chi connectivity index (χ2n) is 6.71. The van der Waals surface area contributed by atoms with Crippen LogP contribution in [0.1, 0.15) is 33.6 Å². The number of rotatable bonds is 3. The van der Waals surface area contributed by atoms with Gasteiger partial charge in [-0.15, -0.1) is 0 Å². The molecule has 2 rings (SSSR count). The van der Waals surface area contributed by atoms with Gasteiger partial charge in [-0.05, 0) is 0 Å². The van der Waals surface area contributed by atoms with Gasteiger partial charge in [0.05, 0.1) is 19.1 Å². The molecule has 2 aliphatic heterocycles. The lowest BCUT2D eigenvalue weighted by molar-refractivity contribution is -0.143. The molecule has 0 aromatic heterocycles. The Kier molecular flexibility index (Phi) is 4.55. The minimum atomic E-state index is -0.934. The van der Waals surface area contributed by atoms with Crippen LogP contribution in [0.15, 0.2) is 0 Å². The lowest BCUT2D eigenvalue weighted by atomic mass is 9.84. The summed E-state index contributed by atoms with van der Waals surface area (Å²) in [6.07, 6.45) is -2.63. The molecule has 8 heteroatoms. The minimum Gasteiger partial charge on any atom is -0.394 e. The molecule has 22 heavy (non-hydrogen) atoms. The Balaban J connectivity index is 2.27. The summed E-state index contributed by atoms with van der Waals surface area (Å²) < 4.78 is 5.46. The van der Waals surface area contributed by atoms with E-state index < -0.39 is 41.8 Å². The van der Waals surface area contributed by atoms with Gasteiger partial charge >= 0.3 is 6.03 Å². The summed E-state index contributed by atoms with van der Waals surface area (Å²) in [7, 11) is 0. The van der Waals surface area contributed by atoms with Crippen molar-refractivity contribution in [1.29, 1.82) is 0 Å². The second kappa shape index (κ2) is 5.94. The third-order valence-electron chi connectivity index (χ3n) is 3.93. The number of aliphatic hydroxyl groups excluding tert-OH is 2. The van der Waals surface area contributed by atoms with Crippen LogP contribution in [0.4, 0.5) is 4.79 Å². The summed E-state index contributed by atoms with van der Waals surface area (Å²) in [6.45, 7) is 4.76. The predicted molar refractivity (Wildman–Crippen MR) is 74.6 cm³/mol. The molecule has 0 radical (unpaired) electrons. The summed E-state index contributed by atoms with van der Waals surface area (Å²) in [4.78, 5) is 37.5. The molecule has 4 atom stereocenters. The van der Waals surface area contributed by atoms with Gasteiger partial charge in [0.1, 0.15) is 18.4 Å². The van der Waals surface area contributed by atoms with Crippen molar-refractivity contribution in [2.24, 2.45) is 5.41 Å². The van der Waals surface area contributed by atoms with Gasteiger partial charge in [-0.2, -0.15) is 0 Å². The number of carbonyl (C=O) groups excluding carboxylic acids is 3. The molecule has 3 amide bonds. The lowest BCUT2D eigenvalue weighted by Gasteiger charge is -2.39. The van der Waals surface area contributed by atoms with E-state index in [2.05, 4.69) is 5.32 Å². The number of ketones is 1. The largest absolute Gasteiger partial charge is 0.394 e. The standard InChI is InChI=1S/C14H22N2O6/c1-14(2,3)12(20)7-4-10(19)15-13(21)16(7)11-5-8(18)9(6-17)22-11/h7-9,11,17-18H,4-6H2,1-3H3,(H,15,19,21)/t7-,8+,9-,11-/m1/s1. The van der Waals surface area contributed by atoms with Crippen molar-refractivity contribution < 1.29 is 29.3 Å². The molecule has 0 bridgehead atoms. The molecule has 8 nitrogen and oxygen atoms in total. The molecule has 2 heterocycles. The van der Waals surface area contributed by atoms with Crippen molar-refractivity contribution in [2.45, 2.75) is 58.1 Å². The zero-order valence-corrected chi connectivity index (χ0v) is 12.9. The molecule has 0 aromatic carbocycles. The van der Waals surface area contributed by atoms with E-state index in [9.17, 15) is 19.5 Å². The number of urea groups is 1. The SMILES string of the molecule is CC(C)(C)C(=O)[C@H]1CC(=O)NC(=O)N1[C@H]1C[C@H](O)[C@@H](CO)O1. The first kappa shape index (κ1) is 16.9. The number of carbonyl (C=O) groups is 3. The normalized spacial score (nSPS) is 33.0. The number of hydrogen-bond donors (Lipinski definition) is 3. The second-order valence-corrected chi connectivity index (χ2v) is 6.71. The Morgan fingerprint density at radius 1 is 1.41 bits per heavy atom. The number of nitrogens with one attached hydrogen (secondary N) is 1. The molecule has 2 fully saturated rings. The average Bonchev–Trinajstić information content (AvgIpc) is 2.76. The third kappa shape index (κ3) is 3.13. The van der Waals surface area contributed by atoms with Crippen LogP contribution in [0.25, 0.3) is 0 Å². The highest BCUT2D eigenvalue weighted by Gasteiger charge is 2.48. The van der Waals surface area contributed by atoms with Crippen LogP contribution in [0, 0.1) is 5.41 Å². The predicted octanol–water partition coefficient (Wildman–Crippen LogP) is -0.620. The maximum absolute atomic E-state index is 12.6. The van der Waals surface area contributed by atoms with E-state index in [1.54, 1.807) is 20.8 Å². The minimum absolute atomic E-state index is 0.0841. The van der Waals surface area contributed by atoms with Crippen LogP contribution < -0.4 is 5.32 Å².